The maximum absolute atomic E-state index is 13.7. The molecule has 0 fully saturated rings. The standard InChI is InChI=1S/C11H16FN3O4S/c1-19-4-5-20(17,18)14-7-9-3-2-8(6-10(9)12)11(13)15-16/h2-3,6,14,16H,4-5,7H2,1H3,(H2,13,15). The van der Waals surface area contributed by atoms with Gasteiger partial charge in [-0.25, -0.2) is 17.5 Å². The molecule has 0 aliphatic carbocycles. The summed E-state index contributed by atoms with van der Waals surface area (Å²) in [5.74, 6) is -1.08. The van der Waals surface area contributed by atoms with Crippen LogP contribution in [0.4, 0.5) is 4.39 Å². The summed E-state index contributed by atoms with van der Waals surface area (Å²) >= 11 is 0. The molecule has 0 saturated heterocycles. The van der Waals surface area contributed by atoms with Crippen LogP contribution in [0.2, 0.25) is 0 Å². The third-order valence-electron chi connectivity index (χ3n) is 2.50. The van der Waals surface area contributed by atoms with E-state index in [1.807, 2.05) is 0 Å². The number of oxime groups is 1. The van der Waals surface area contributed by atoms with Crippen LogP contribution >= 0.6 is 0 Å². The maximum atomic E-state index is 13.7. The number of hydrogen-bond acceptors (Lipinski definition) is 5. The van der Waals surface area contributed by atoms with Gasteiger partial charge in [0.05, 0.1) is 12.4 Å². The Balaban J connectivity index is 2.75. The van der Waals surface area contributed by atoms with Gasteiger partial charge in [-0.2, -0.15) is 0 Å². The molecule has 0 spiro atoms. The van der Waals surface area contributed by atoms with Crippen molar-refractivity contribution in [3.8, 4) is 0 Å². The van der Waals surface area contributed by atoms with Crippen LogP contribution < -0.4 is 10.5 Å². The lowest BCUT2D eigenvalue weighted by Gasteiger charge is -2.08. The molecule has 0 radical (unpaired) electrons. The smallest absolute Gasteiger partial charge is 0.214 e. The first kappa shape index (κ1) is 16.3. The molecule has 0 atom stereocenters. The fourth-order valence-corrected chi connectivity index (χ4v) is 2.27. The van der Waals surface area contributed by atoms with Gasteiger partial charge in [-0.3, -0.25) is 0 Å². The van der Waals surface area contributed by atoms with Crippen molar-refractivity contribution in [1.82, 2.24) is 4.72 Å². The van der Waals surface area contributed by atoms with E-state index in [0.29, 0.717) is 0 Å². The van der Waals surface area contributed by atoms with Crippen LogP contribution in [0.3, 0.4) is 0 Å². The van der Waals surface area contributed by atoms with Crippen molar-refractivity contribution >= 4 is 15.9 Å². The molecule has 0 unspecified atom stereocenters. The third kappa shape index (κ3) is 4.76. The van der Waals surface area contributed by atoms with Crippen molar-refractivity contribution in [3.63, 3.8) is 0 Å². The quantitative estimate of drug-likeness (QED) is 0.284. The normalized spacial score (nSPS) is 12.6. The van der Waals surface area contributed by atoms with Gasteiger partial charge in [0.25, 0.3) is 0 Å². The molecule has 4 N–H and O–H groups in total. The Bertz CT molecular complexity index is 589. The minimum atomic E-state index is -3.52. The maximum Gasteiger partial charge on any atom is 0.214 e. The van der Waals surface area contributed by atoms with Crippen molar-refractivity contribution in [2.45, 2.75) is 6.54 Å². The van der Waals surface area contributed by atoms with Crippen molar-refractivity contribution in [3.05, 3.63) is 35.1 Å². The Hall–Kier alpha value is -1.71. The highest BCUT2D eigenvalue weighted by molar-refractivity contribution is 7.89. The fourth-order valence-electron chi connectivity index (χ4n) is 1.36. The molecule has 7 nitrogen and oxygen atoms in total. The molecule has 9 heteroatoms. The number of hydrogen-bond donors (Lipinski definition) is 3. The van der Waals surface area contributed by atoms with E-state index in [0.717, 1.165) is 6.07 Å². The zero-order valence-electron chi connectivity index (χ0n) is 10.8. The highest BCUT2D eigenvalue weighted by atomic mass is 32.2. The van der Waals surface area contributed by atoms with Gasteiger partial charge >= 0.3 is 0 Å². The number of methoxy groups -OCH3 is 1. The molecule has 0 heterocycles. The first-order valence-electron chi connectivity index (χ1n) is 5.62. The number of benzene rings is 1. The van der Waals surface area contributed by atoms with Gasteiger partial charge in [0.15, 0.2) is 5.84 Å². The second kappa shape index (κ2) is 7.17. The van der Waals surface area contributed by atoms with Crippen LogP contribution in [0.1, 0.15) is 11.1 Å². The van der Waals surface area contributed by atoms with Crippen LogP contribution in [-0.2, 0) is 21.3 Å². The second-order valence-electron chi connectivity index (χ2n) is 3.92. The molecule has 1 aromatic carbocycles. The van der Waals surface area contributed by atoms with Crippen molar-refractivity contribution in [2.24, 2.45) is 10.9 Å². The predicted octanol–water partition coefficient (Wildman–Crippen LogP) is -0.0140. The number of amidine groups is 1. The van der Waals surface area contributed by atoms with Gasteiger partial charge in [-0.1, -0.05) is 17.3 Å². The van der Waals surface area contributed by atoms with E-state index in [1.54, 1.807) is 0 Å². The summed E-state index contributed by atoms with van der Waals surface area (Å²) in [6.45, 7) is -0.130. The zero-order valence-corrected chi connectivity index (χ0v) is 11.7. The first-order chi connectivity index (χ1) is 9.39. The lowest BCUT2D eigenvalue weighted by molar-refractivity contribution is 0.217. The Morgan fingerprint density at radius 2 is 2.25 bits per heavy atom. The summed E-state index contributed by atoms with van der Waals surface area (Å²) < 4.78 is 43.7. The van der Waals surface area contributed by atoms with E-state index in [1.165, 1.54) is 19.2 Å². The predicted molar refractivity (Wildman–Crippen MR) is 71.4 cm³/mol. The first-order valence-corrected chi connectivity index (χ1v) is 7.27. The average Bonchev–Trinajstić information content (AvgIpc) is 2.43. The van der Waals surface area contributed by atoms with Crippen LogP contribution in [0.25, 0.3) is 0 Å². The topological polar surface area (TPSA) is 114 Å². The van der Waals surface area contributed by atoms with Gasteiger partial charge in [-0.15, -0.1) is 0 Å². The van der Waals surface area contributed by atoms with Crippen LogP contribution in [0.15, 0.2) is 23.4 Å². The van der Waals surface area contributed by atoms with Crippen LogP contribution in [0, 0.1) is 5.82 Å². The molecule has 0 aliphatic heterocycles. The molecule has 20 heavy (non-hydrogen) atoms. The Labute approximate surface area is 116 Å². The third-order valence-corrected chi connectivity index (χ3v) is 3.78. The van der Waals surface area contributed by atoms with E-state index in [9.17, 15) is 12.8 Å². The number of nitrogens with one attached hydrogen (secondary N) is 1. The monoisotopic (exact) mass is 305 g/mol. The lowest BCUT2D eigenvalue weighted by atomic mass is 10.1. The molecule has 0 bridgehead atoms. The van der Waals surface area contributed by atoms with Crippen LogP contribution in [0.5, 0.6) is 0 Å². The highest BCUT2D eigenvalue weighted by Gasteiger charge is 2.12. The van der Waals surface area contributed by atoms with E-state index >= 15 is 0 Å². The van der Waals surface area contributed by atoms with Crippen molar-refractivity contribution in [1.29, 1.82) is 0 Å². The van der Waals surface area contributed by atoms with Gasteiger partial charge in [0, 0.05) is 24.8 Å². The molecule has 0 aliphatic rings. The summed E-state index contributed by atoms with van der Waals surface area (Å²) in [7, 11) is -2.13. The second-order valence-corrected chi connectivity index (χ2v) is 5.85. The molecule has 112 valence electrons. The molecule has 0 aromatic heterocycles. The largest absolute Gasteiger partial charge is 0.409 e. The minimum absolute atomic E-state index is 0.0558. The number of nitrogens with two attached hydrogens (primary N) is 1. The van der Waals surface area contributed by atoms with E-state index < -0.39 is 15.8 Å². The van der Waals surface area contributed by atoms with Crippen LogP contribution in [-0.4, -0.2) is 38.9 Å². The fraction of sp³-hybridized carbons (Fsp3) is 0.364. The van der Waals surface area contributed by atoms with E-state index in [-0.39, 0.29) is 35.9 Å². The van der Waals surface area contributed by atoms with Crippen molar-refractivity contribution in [2.75, 3.05) is 19.5 Å². The van der Waals surface area contributed by atoms with Crippen molar-refractivity contribution < 1.29 is 22.8 Å². The average molecular weight is 305 g/mol. The number of halogens is 1. The number of nitrogens with zero attached hydrogens (tertiary/aromatic N) is 1. The lowest BCUT2D eigenvalue weighted by Crippen LogP contribution is -2.28. The number of ether oxygens (including phenoxy) is 1. The Morgan fingerprint density at radius 3 is 2.80 bits per heavy atom. The molecular weight excluding hydrogens is 289 g/mol. The van der Waals surface area contributed by atoms with Gasteiger partial charge in [0.1, 0.15) is 5.82 Å². The molecule has 1 aromatic rings. The Morgan fingerprint density at radius 1 is 1.55 bits per heavy atom. The van der Waals surface area contributed by atoms with Gasteiger partial charge < -0.3 is 15.7 Å². The summed E-state index contributed by atoms with van der Waals surface area (Å²) in [4.78, 5) is 0. The Kier molecular flexibility index (Phi) is 5.86. The zero-order chi connectivity index (χ0) is 15.2. The summed E-state index contributed by atoms with van der Waals surface area (Å²) in [6.07, 6.45) is 0. The molecule has 1 rings (SSSR count). The number of sulfonamides is 1. The highest BCUT2D eigenvalue weighted by Crippen LogP contribution is 2.10. The minimum Gasteiger partial charge on any atom is -0.409 e. The summed E-state index contributed by atoms with van der Waals surface area (Å²) in [5.41, 5.74) is 5.68. The molecular formula is C11H16FN3O4S. The SMILES string of the molecule is COCCS(=O)(=O)NCc1ccc(C(N)=NO)cc1F. The number of rotatable bonds is 7. The summed E-state index contributed by atoms with van der Waals surface area (Å²) in [6, 6.07) is 3.85. The van der Waals surface area contributed by atoms with Gasteiger partial charge in [0.2, 0.25) is 10.0 Å². The van der Waals surface area contributed by atoms with Gasteiger partial charge in [-0.05, 0) is 6.07 Å². The summed E-state index contributed by atoms with van der Waals surface area (Å²) in [5, 5.41) is 11.2. The molecule has 0 amide bonds. The molecule has 0 saturated carbocycles. The van der Waals surface area contributed by atoms with E-state index in [4.69, 9.17) is 10.9 Å². The van der Waals surface area contributed by atoms with E-state index in [2.05, 4.69) is 14.6 Å².